The number of nitrogens with zero attached hydrogens (tertiary/aromatic N) is 1. The summed E-state index contributed by atoms with van der Waals surface area (Å²) in [5, 5.41) is 6.84. The lowest BCUT2D eigenvalue weighted by molar-refractivity contribution is 0.437. The van der Waals surface area contributed by atoms with Crippen LogP contribution >= 0.6 is 11.3 Å². The molecule has 2 atom stereocenters. The number of hydrogen-bond acceptors (Lipinski definition) is 3. The van der Waals surface area contributed by atoms with Crippen molar-refractivity contribution >= 4 is 11.3 Å². The van der Waals surface area contributed by atoms with Crippen molar-refractivity contribution in [1.29, 1.82) is 0 Å². The van der Waals surface area contributed by atoms with E-state index in [-0.39, 0.29) is 0 Å². The minimum Gasteiger partial charge on any atom is -0.306 e. The van der Waals surface area contributed by atoms with Gasteiger partial charge in [-0.25, -0.2) is 4.98 Å². The number of thiazole rings is 1. The molecule has 1 heterocycles. The number of nitrogens with one attached hydrogen (secondary N) is 1. The van der Waals surface area contributed by atoms with Crippen LogP contribution in [-0.4, -0.2) is 11.0 Å². The van der Waals surface area contributed by atoms with E-state index in [2.05, 4.69) is 24.1 Å². The summed E-state index contributed by atoms with van der Waals surface area (Å²) in [6, 6.07) is 1.03. The van der Waals surface area contributed by atoms with Gasteiger partial charge in [0.1, 0.15) is 5.01 Å². The standard InChI is InChI=1S/C11H18N2S/c1-8(7-10-3-4-10)13-9(2)11-12-5-6-14-11/h5-6,8-10,13H,3-4,7H2,1-2H3. The van der Waals surface area contributed by atoms with Gasteiger partial charge in [0.05, 0.1) is 6.04 Å². The summed E-state index contributed by atoms with van der Waals surface area (Å²) in [5.41, 5.74) is 0. The van der Waals surface area contributed by atoms with Gasteiger partial charge in [0.2, 0.25) is 0 Å². The summed E-state index contributed by atoms with van der Waals surface area (Å²) in [7, 11) is 0. The van der Waals surface area contributed by atoms with Gasteiger partial charge in [0.15, 0.2) is 0 Å². The molecule has 0 aliphatic heterocycles. The molecule has 0 aromatic carbocycles. The van der Waals surface area contributed by atoms with Crippen LogP contribution in [0.25, 0.3) is 0 Å². The molecule has 2 unspecified atom stereocenters. The highest BCUT2D eigenvalue weighted by molar-refractivity contribution is 7.09. The maximum atomic E-state index is 4.32. The predicted molar refractivity (Wildman–Crippen MR) is 60.5 cm³/mol. The molecular weight excluding hydrogens is 192 g/mol. The van der Waals surface area contributed by atoms with E-state index in [1.54, 1.807) is 11.3 Å². The van der Waals surface area contributed by atoms with Crippen LogP contribution in [0.1, 0.15) is 44.2 Å². The van der Waals surface area contributed by atoms with E-state index in [0.717, 1.165) is 5.92 Å². The van der Waals surface area contributed by atoms with Crippen LogP contribution < -0.4 is 5.32 Å². The normalized spacial score (nSPS) is 20.7. The van der Waals surface area contributed by atoms with E-state index >= 15 is 0 Å². The Labute approximate surface area is 89.8 Å². The van der Waals surface area contributed by atoms with Gasteiger partial charge in [0.25, 0.3) is 0 Å². The van der Waals surface area contributed by atoms with Crippen molar-refractivity contribution in [1.82, 2.24) is 10.3 Å². The van der Waals surface area contributed by atoms with Crippen molar-refractivity contribution in [2.24, 2.45) is 5.92 Å². The van der Waals surface area contributed by atoms with Crippen LogP contribution in [0, 0.1) is 5.92 Å². The van der Waals surface area contributed by atoms with Crippen LogP contribution in [-0.2, 0) is 0 Å². The summed E-state index contributed by atoms with van der Waals surface area (Å²) in [4.78, 5) is 4.32. The van der Waals surface area contributed by atoms with Crippen molar-refractivity contribution in [2.45, 2.75) is 45.2 Å². The zero-order chi connectivity index (χ0) is 9.97. The third-order valence-corrected chi connectivity index (χ3v) is 3.70. The van der Waals surface area contributed by atoms with Crippen LogP contribution in [0.2, 0.25) is 0 Å². The fourth-order valence-electron chi connectivity index (χ4n) is 1.87. The highest BCUT2D eigenvalue weighted by atomic mass is 32.1. The maximum Gasteiger partial charge on any atom is 0.109 e. The first kappa shape index (κ1) is 10.1. The lowest BCUT2D eigenvalue weighted by Gasteiger charge is -2.17. The lowest BCUT2D eigenvalue weighted by atomic mass is 10.1. The molecule has 0 amide bonds. The van der Waals surface area contributed by atoms with Crippen molar-refractivity contribution in [3.63, 3.8) is 0 Å². The van der Waals surface area contributed by atoms with Gasteiger partial charge in [-0.3, -0.25) is 0 Å². The largest absolute Gasteiger partial charge is 0.306 e. The van der Waals surface area contributed by atoms with Crippen molar-refractivity contribution < 1.29 is 0 Å². The topological polar surface area (TPSA) is 24.9 Å². The Hall–Kier alpha value is -0.410. The van der Waals surface area contributed by atoms with E-state index in [1.165, 1.54) is 24.3 Å². The van der Waals surface area contributed by atoms with Gasteiger partial charge in [-0.1, -0.05) is 12.8 Å². The van der Waals surface area contributed by atoms with Gasteiger partial charge in [0, 0.05) is 17.6 Å². The fourth-order valence-corrected chi connectivity index (χ4v) is 2.52. The molecule has 0 saturated heterocycles. The van der Waals surface area contributed by atoms with Crippen LogP contribution in [0.4, 0.5) is 0 Å². The number of rotatable bonds is 5. The Morgan fingerprint density at radius 1 is 1.57 bits per heavy atom. The molecule has 0 spiro atoms. The summed E-state index contributed by atoms with van der Waals surface area (Å²) < 4.78 is 0. The molecule has 1 fully saturated rings. The van der Waals surface area contributed by atoms with E-state index in [0.29, 0.717) is 12.1 Å². The third-order valence-electron chi connectivity index (χ3n) is 2.74. The molecule has 2 rings (SSSR count). The van der Waals surface area contributed by atoms with Crippen LogP contribution in [0.15, 0.2) is 11.6 Å². The molecule has 0 radical (unpaired) electrons. The minimum absolute atomic E-state index is 0.406. The molecule has 3 heteroatoms. The lowest BCUT2D eigenvalue weighted by Crippen LogP contribution is -2.29. The number of hydrogen-bond donors (Lipinski definition) is 1. The Balaban J connectivity index is 1.78. The average molecular weight is 210 g/mol. The molecule has 78 valence electrons. The quantitative estimate of drug-likeness (QED) is 0.808. The molecule has 2 nitrogen and oxygen atoms in total. The average Bonchev–Trinajstić information content (AvgIpc) is 2.80. The second kappa shape index (κ2) is 4.41. The monoisotopic (exact) mass is 210 g/mol. The SMILES string of the molecule is CC(CC1CC1)NC(C)c1nccs1. The second-order valence-corrected chi connectivity index (χ2v) is 5.26. The van der Waals surface area contributed by atoms with Crippen LogP contribution in [0.5, 0.6) is 0 Å². The molecular formula is C11H18N2S. The minimum atomic E-state index is 0.406. The Morgan fingerprint density at radius 3 is 2.93 bits per heavy atom. The maximum absolute atomic E-state index is 4.32. The van der Waals surface area contributed by atoms with Gasteiger partial charge in [-0.05, 0) is 26.2 Å². The van der Waals surface area contributed by atoms with Gasteiger partial charge in [-0.15, -0.1) is 11.3 Å². The first-order valence-electron chi connectivity index (χ1n) is 5.41. The molecule has 1 N–H and O–H groups in total. The molecule has 1 saturated carbocycles. The zero-order valence-corrected chi connectivity index (χ0v) is 9.68. The van der Waals surface area contributed by atoms with Crippen molar-refractivity contribution in [2.75, 3.05) is 0 Å². The second-order valence-electron chi connectivity index (χ2n) is 4.34. The summed E-state index contributed by atoms with van der Waals surface area (Å²) >= 11 is 1.73. The first-order chi connectivity index (χ1) is 6.75. The fraction of sp³-hybridized carbons (Fsp3) is 0.727. The molecule has 1 aliphatic rings. The van der Waals surface area contributed by atoms with E-state index in [4.69, 9.17) is 0 Å². The molecule has 1 aromatic heterocycles. The number of aromatic nitrogens is 1. The molecule has 14 heavy (non-hydrogen) atoms. The Morgan fingerprint density at radius 2 is 2.36 bits per heavy atom. The highest BCUT2D eigenvalue weighted by Gasteiger charge is 2.24. The summed E-state index contributed by atoms with van der Waals surface area (Å²) in [6.07, 6.45) is 6.09. The summed E-state index contributed by atoms with van der Waals surface area (Å²) in [6.45, 7) is 4.48. The van der Waals surface area contributed by atoms with Gasteiger partial charge < -0.3 is 5.32 Å². The molecule has 0 bridgehead atoms. The molecule has 1 aromatic rings. The summed E-state index contributed by atoms with van der Waals surface area (Å²) in [5.74, 6) is 1.00. The van der Waals surface area contributed by atoms with Crippen molar-refractivity contribution in [3.05, 3.63) is 16.6 Å². The first-order valence-corrected chi connectivity index (χ1v) is 6.29. The third kappa shape index (κ3) is 2.79. The highest BCUT2D eigenvalue weighted by Crippen LogP contribution is 2.33. The van der Waals surface area contributed by atoms with E-state index in [9.17, 15) is 0 Å². The Kier molecular flexibility index (Phi) is 3.19. The Bertz CT molecular complexity index is 267. The molecule has 1 aliphatic carbocycles. The van der Waals surface area contributed by atoms with Crippen molar-refractivity contribution in [3.8, 4) is 0 Å². The zero-order valence-electron chi connectivity index (χ0n) is 8.86. The van der Waals surface area contributed by atoms with E-state index < -0.39 is 0 Å². The van der Waals surface area contributed by atoms with Gasteiger partial charge in [-0.2, -0.15) is 0 Å². The smallest absolute Gasteiger partial charge is 0.109 e. The van der Waals surface area contributed by atoms with Gasteiger partial charge >= 0.3 is 0 Å². The van der Waals surface area contributed by atoms with Crippen LogP contribution in [0.3, 0.4) is 0 Å². The predicted octanol–water partition coefficient (Wildman–Crippen LogP) is 2.98. The van der Waals surface area contributed by atoms with E-state index in [1.807, 2.05) is 11.6 Å².